The van der Waals surface area contributed by atoms with Crippen LogP contribution in [0, 0.1) is 6.92 Å². The van der Waals surface area contributed by atoms with Crippen LogP contribution in [0.25, 0.3) is 11.1 Å². The molecule has 138 valence electrons. The van der Waals surface area contributed by atoms with E-state index in [1.165, 1.54) is 16.7 Å². The molecular weight excluding hydrogens is 354 g/mol. The minimum absolute atomic E-state index is 0.388. The van der Waals surface area contributed by atoms with E-state index in [1.807, 2.05) is 49.5 Å². The smallest absolute Gasteiger partial charge is 0.126 e. The molecule has 0 aliphatic carbocycles. The van der Waals surface area contributed by atoms with Gasteiger partial charge in [0.1, 0.15) is 6.23 Å². The van der Waals surface area contributed by atoms with Crippen molar-refractivity contribution in [2.75, 3.05) is 11.9 Å². The fourth-order valence-electron chi connectivity index (χ4n) is 3.43. The number of hydrogen-bond acceptors (Lipinski definition) is 5. The summed E-state index contributed by atoms with van der Waals surface area (Å²) in [4.78, 5) is 10.9. The summed E-state index contributed by atoms with van der Waals surface area (Å²) >= 11 is 1.73. The van der Waals surface area contributed by atoms with Crippen LogP contribution in [-0.4, -0.2) is 28.4 Å². The molecular formula is C22H23N3OS. The number of aromatic nitrogens is 2. The molecule has 0 amide bonds. The second kappa shape index (κ2) is 7.71. The van der Waals surface area contributed by atoms with Crippen LogP contribution in [0.5, 0.6) is 0 Å². The minimum Gasteiger partial charge on any atom is -0.374 e. The van der Waals surface area contributed by atoms with Crippen LogP contribution in [0.3, 0.4) is 0 Å². The average molecular weight is 378 g/mol. The molecule has 5 heteroatoms. The second-order valence-corrected chi connectivity index (χ2v) is 7.96. The average Bonchev–Trinajstić information content (AvgIpc) is 2.69. The van der Waals surface area contributed by atoms with Crippen molar-refractivity contribution >= 4 is 17.4 Å². The van der Waals surface area contributed by atoms with Crippen molar-refractivity contribution in [3.8, 4) is 11.1 Å². The standard InChI is InChI=1S/C22H23N3OS/c1-15-4-3-5-21(24-15)27-14-16-10-19(13-23-12-16)17-6-8-20-18(11-17)7-9-22(26)25(20)2/h3-6,8,10-13,22,26H,7,9,14H2,1-2H3. The number of aliphatic hydroxyl groups is 1. The van der Waals surface area contributed by atoms with Crippen LogP contribution < -0.4 is 4.90 Å². The molecule has 1 aliphatic rings. The van der Waals surface area contributed by atoms with Gasteiger partial charge in [0.15, 0.2) is 0 Å². The van der Waals surface area contributed by atoms with Gasteiger partial charge in [0.2, 0.25) is 0 Å². The third kappa shape index (κ3) is 3.99. The largest absolute Gasteiger partial charge is 0.374 e. The molecule has 2 aromatic heterocycles. The van der Waals surface area contributed by atoms with Crippen molar-refractivity contribution in [1.29, 1.82) is 0 Å². The van der Waals surface area contributed by atoms with E-state index in [9.17, 15) is 5.11 Å². The Kier molecular flexibility index (Phi) is 5.14. The highest BCUT2D eigenvalue weighted by atomic mass is 32.2. The van der Waals surface area contributed by atoms with Crippen molar-refractivity contribution < 1.29 is 5.11 Å². The van der Waals surface area contributed by atoms with E-state index in [4.69, 9.17) is 0 Å². The number of nitrogens with zero attached hydrogens (tertiary/aromatic N) is 3. The fourth-order valence-corrected chi connectivity index (χ4v) is 4.28. The zero-order valence-electron chi connectivity index (χ0n) is 15.6. The second-order valence-electron chi connectivity index (χ2n) is 6.96. The van der Waals surface area contributed by atoms with E-state index < -0.39 is 0 Å². The lowest BCUT2D eigenvalue weighted by Gasteiger charge is -2.32. The molecule has 0 saturated heterocycles. The summed E-state index contributed by atoms with van der Waals surface area (Å²) in [5.41, 5.74) is 6.92. The molecule has 0 fully saturated rings. The monoisotopic (exact) mass is 377 g/mol. The van der Waals surface area contributed by atoms with Crippen molar-refractivity contribution in [2.24, 2.45) is 0 Å². The quantitative estimate of drug-likeness (QED) is 0.681. The maximum atomic E-state index is 10.0. The summed E-state index contributed by atoms with van der Waals surface area (Å²) in [6, 6.07) is 14.8. The van der Waals surface area contributed by atoms with Gasteiger partial charge < -0.3 is 10.0 Å². The number of pyridine rings is 2. The number of aliphatic hydroxyl groups excluding tert-OH is 1. The third-order valence-corrected chi connectivity index (χ3v) is 5.96. The summed E-state index contributed by atoms with van der Waals surface area (Å²) < 4.78 is 0. The van der Waals surface area contributed by atoms with Crippen molar-refractivity contribution in [3.05, 3.63) is 71.7 Å². The molecule has 0 radical (unpaired) electrons. The Balaban J connectivity index is 1.54. The van der Waals surface area contributed by atoms with Crippen LogP contribution in [0.15, 0.2) is 59.9 Å². The minimum atomic E-state index is -0.388. The number of benzene rings is 1. The molecule has 1 unspecified atom stereocenters. The molecule has 0 bridgehead atoms. The van der Waals surface area contributed by atoms with Crippen LogP contribution in [-0.2, 0) is 12.2 Å². The summed E-state index contributed by atoms with van der Waals surface area (Å²) in [6.07, 6.45) is 5.12. The predicted octanol–water partition coefficient (Wildman–Crippen LogP) is 4.45. The van der Waals surface area contributed by atoms with Gasteiger partial charge in [-0.15, -0.1) is 11.8 Å². The van der Waals surface area contributed by atoms with Gasteiger partial charge in [-0.1, -0.05) is 12.1 Å². The Labute approximate surface area is 164 Å². The molecule has 27 heavy (non-hydrogen) atoms. The molecule has 1 atom stereocenters. The zero-order valence-corrected chi connectivity index (χ0v) is 16.4. The highest BCUT2D eigenvalue weighted by Crippen LogP contribution is 2.33. The third-order valence-electron chi connectivity index (χ3n) is 4.96. The maximum absolute atomic E-state index is 10.0. The Morgan fingerprint density at radius 3 is 2.89 bits per heavy atom. The lowest BCUT2D eigenvalue weighted by molar-refractivity contribution is 0.160. The molecule has 4 rings (SSSR count). The first-order chi connectivity index (χ1) is 13.1. The van der Waals surface area contributed by atoms with E-state index in [0.717, 1.165) is 40.6 Å². The van der Waals surface area contributed by atoms with Gasteiger partial charge in [-0.25, -0.2) is 4.98 Å². The molecule has 1 aromatic carbocycles. The molecule has 1 aliphatic heterocycles. The summed E-state index contributed by atoms with van der Waals surface area (Å²) in [6.45, 7) is 2.01. The Hall–Kier alpha value is -2.37. The van der Waals surface area contributed by atoms with E-state index in [1.54, 1.807) is 11.8 Å². The highest BCUT2D eigenvalue weighted by molar-refractivity contribution is 7.98. The first-order valence-electron chi connectivity index (χ1n) is 9.15. The lowest BCUT2D eigenvalue weighted by Crippen LogP contribution is -2.35. The van der Waals surface area contributed by atoms with Gasteiger partial charge in [0.25, 0.3) is 0 Å². The van der Waals surface area contributed by atoms with Gasteiger partial charge in [0, 0.05) is 42.1 Å². The van der Waals surface area contributed by atoms with Crippen LogP contribution in [0.4, 0.5) is 5.69 Å². The lowest BCUT2D eigenvalue weighted by atomic mass is 9.96. The van der Waals surface area contributed by atoms with Crippen LogP contribution >= 0.6 is 11.8 Å². The first-order valence-corrected chi connectivity index (χ1v) is 10.1. The highest BCUT2D eigenvalue weighted by Gasteiger charge is 2.21. The van der Waals surface area contributed by atoms with Gasteiger partial charge in [-0.2, -0.15) is 0 Å². The normalized spacial score (nSPS) is 16.3. The van der Waals surface area contributed by atoms with E-state index >= 15 is 0 Å². The van der Waals surface area contributed by atoms with E-state index in [-0.39, 0.29) is 6.23 Å². The van der Waals surface area contributed by atoms with Gasteiger partial charge in [-0.05, 0) is 66.8 Å². The molecule has 3 aromatic rings. The van der Waals surface area contributed by atoms with Crippen molar-refractivity contribution in [2.45, 2.75) is 36.8 Å². The van der Waals surface area contributed by atoms with Crippen LogP contribution in [0.1, 0.15) is 23.2 Å². The Morgan fingerprint density at radius 2 is 2.04 bits per heavy atom. The fraction of sp³-hybridized carbons (Fsp3) is 0.273. The van der Waals surface area contributed by atoms with Crippen molar-refractivity contribution in [1.82, 2.24) is 9.97 Å². The molecule has 1 N–H and O–H groups in total. The zero-order chi connectivity index (χ0) is 18.8. The molecule has 0 saturated carbocycles. The van der Waals surface area contributed by atoms with Gasteiger partial charge in [-0.3, -0.25) is 4.98 Å². The summed E-state index contributed by atoms with van der Waals surface area (Å²) in [5, 5.41) is 11.1. The number of thioether (sulfide) groups is 1. The molecule has 4 nitrogen and oxygen atoms in total. The van der Waals surface area contributed by atoms with E-state index in [0.29, 0.717) is 0 Å². The van der Waals surface area contributed by atoms with Crippen molar-refractivity contribution in [3.63, 3.8) is 0 Å². The number of anilines is 1. The number of hydrogen-bond donors (Lipinski definition) is 1. The van der Waals surface area contributed by atoms with Gasteiger partial charge >= 0.3 is 0 Å². The Bertz CT molecular complexity index is 960. The molecule has 3 heterocycles. The SMILES string of the molecule is Cc1cccc(SCc2cncc(-c3ccc4c(c3)CCC(O)N4C)c2)n1. The predicted molar refractivity (Wildman–Crippen MR) is 111 cm³/mol. The number of rotatable bonds is 4. The summed E-state index contributed by atoms with van der Waals surface area (Å²) in [5.74, 6) is 0.844. The number of aryl methyl sites for hydroxylation is 2. The molecule has 0 spiro atoms. The number of fused-ring (bicyclic) bond motifs is 1. The van der Waals surface area contributed by atoms with Crippen LogP contribution in [0.2, 0.25) is 0 Å². The van der Waals surface area contributed by atoms with Gasteiger partial charge in [0.05, 0.1) is 5.03 Å². The Morgan fingerprint density at radius 1 is 1.15 bits per heavy atom. The first kappa shape index (κ1) is 18.0. The summed E-state index contributed by atoms with van der Waals surface area (Å²) in [7, 11) is 1.95. The van der Waals surface area contributed by atoms with E-state index in [2.05, 4.69) is 34.2 Å². The topological polar surface area (TPSA) is 49.3 Å². The maximum Gasteiger partial charge on any atom is 0.126 e.